The Balaban J connectivity index is 0.00000147. The number of thioether (sulfide) groups is 3. The second-order valence-corrected chi connectivity index (χ2v) is 57.6. The van der Waals surface area contributed by atoms with Crippen LogP contribution in [0.25, 0.3) is 0 Å². The lowest BCUT2D eigenvalue weighted by atomic mass is 9.74. The van der Waals surface area contributed by atoms with Crippen LogP contribution < -0.4 is 26.6 Å². The molecule has 14 nitrogen and oxygen atoms in total. The fraction of sp³-hybridized carbons (Fsp3) is 0.714. The molecule has 139 heavy (non-hydrogen) atoms. The Morgan fingerprint density at radius 2 is 1.04 bits per heavy atom. The molecule has 14 aliphatic rings. The third kappa shape index (κ3) is 59.3. The van der Waals surface area contributed by atoms with Crippen molar-refractivity contribution in [3.63, 3.8) is 0 Å². The molecule has 20 heteroatoms. The molecule has 0 bridgehead atoms. The Morgan fingerprint density at radius 1 is 0.460 bits per heavy atom. The molecule has 6 unspecified atom stereocenters. The Morgan fingerprint density at radius 3 is 1.29 bits per heavy atom. The van der Waals surface area contributed by atoms with Crippen LogP contribution in [-0.4, -0.2) is 124 Å². The van der Waals surface area contributed by atoms with Gasteiger partial charge in [-0.05, 0) is 242 Å². The van der Waals surface area contributed by atoms with E-state index in [2.05, 4.69) is 462 Å². The van der Waals surface area contributed by atoms with Crippen LogP contribution in [0, 0.1) is 77.3 Å². The van der Waals surface area contributed by atoms with Crippen LogP contribution >= 0.6 is 70.7 Å². The number of aromatic nitrogens is 2. The highest BCUT2D eigenvalue weighted by Gasteiger charge is 2.33. The predicted octanol–water partition coefficient (Wildman–Crippen LogP) is 34.5. The summed E-state index contributed by atoms with van der Waals surface area (Å²) < 4.78 is 34.4. The quantitative estimate of drug-likeness (QED) is 0.126. The van der Waals surface area contributed by atoms with E-state index in [9.17, 15) is 0 Å². The summed E-state index contributed by atoms with van der Waals surface area (Å²) in [5, 5.41) is 21.8. The topological polar surface area (TPSA) is 139 Å². The van der Waals surface area contributed by atoms with E-state index in [0.29, 0.717) is 68.9 Å². The zero-order valence-electron chi connectivity index (χ0n) is 95.3. The first kappa shape index (κ1) is 135. The molecule has 0 spiro atoms. The first-order valence-electron chi connectivity index (χ1n) is 51.0. The van der Waals surface area contributed by atoms with Crippen molar-refractivity contribution in [3.8, 4) is 0 Å². The van der Waals surface area contributed by atoms with Gasteiger partial charge >= 0.3 is 0 Å². The van der Waals surface area contributed by atoms with Crippen LogP contribution in [0.2, 0.25) is 0 Å². The molecular weight excluding hydrogens is 1830 g/mol. The van der Waals surface area contributed by atoms with Gasteiger partial charge in [0, 0.05) is 92.8 Å². The van der Waals surface area contributed by atoms with Gasteiger partial charge < -0.3 is 45.0 Å². The van der Waals surface area contributed by atoms with Crippen molar-refractivity contribution in [2.24, 2.45) is 77.3 Å². The zero-order valence-corrected chi connectivity index (χ0v) is 100. The Hall–Kier alpha value is -4.29. The summed E-state index contributed by atoms with van der Waals surface area (Å²) in [5.74, 6) is 5.75. The number of nitrogens with one attached hydrogen (secondary N) is 5. The number of hydrogen-bond donors (Lipinski definition) is 5. The average molecular weight is 2040 g/mol. The molecule has 0 amide bonds. The standard InChI is InChI=1S/C11H15NS.C9H17N.C9H16O.C9H16S.C8H16N2.C8H15N.C8H14O.C8H14S.C8H14.C7H13NO.C7H13NS.C7H12OS.C7H12O.C6H10N2S.C5H8.2CH4/c1-11(2,3)12-8-9-6-4-5-7-10(9)13-12;3*1-9(2,3)8-4-6-10-7-5-8;1-8(2,3)7-4-5-9-6-10-7;3*1-8(2,3)7-5-4-6-9-7;1-8(2,3)7-5-4-6-7;1-7(2,3)6-4-9-5-8-6;1-7(2,3)8-5-4-6-9-8;1-7(2,3)6-4-8-5-9-6;1-7(2,3)6-4-5-8-6;1-6(2,3)5-7-4-8-9-5;1-5-3-2-4-5;;/h4-7H,8H2,1-3H3;4,10H,5-7H2,1-3H3;2*4,6,8H,5,7H2,1-3H3;4,9-10H,5-6H2,1-3H3;4-5,7,9H,6H2,1-3H3;4-5,7H,6H2,1-3H3;5H,4,6H2,1-3H3;4-5,7H,6H2,1-3H3;4,8H,5H2,1-3H3;4,6H,5H2,1-3H3;4H,5H2,1-3H3;4-6H,1-3H3;4H,1-3H3;3H,2,4H2,1H3;2*1H4. The Labute approximate surface area is 884 Å². The van der Waals surface area contributed by atoms with Crippen LogP contribution in [-0.2, 0) is 35.6 Å². The molecule has 1 aromatic heterocycles. The van der Waals surface area contributed by atoms with Gasteiger partial charge in [0.2, 0.25) is 0 Å². The van der Waals surface area contributed by atoms with Gasteiger partial charge in [-0.15, -0.1) is 23.5 Å². The van der Waals surface area contributed by atoms with Crippen molar-refractivity contribution in [1.82, 2.24) is 44.6 Å². The maximum atomic E-state index is 5.41. The van der Waals surface area contributed by atoms with Crippen molar-refractivity contribution < 1.29 is 23.7 Å². The van der Waals surface area contributed by atoms with E-state index in [1.165, 1.54) is 94.7 Å². The van der Waals surface area contributed by atoms with Crippen molar-refractivity contribution in [2.75, 3.05) is 76.8 Å². The van der Waals surface area contributed by atoms with E-state index in [0.717, 1.165) is 81.9 Å². The van der Waals surface area contributed by atoms with E-state index in [4.69, 9.17) is 23.7 Å². The van der Waals surface area contributed by atoms with Crippen LogP contribution in [0.4, 0.5) is 0 Å². The van der Waals surface area contributed by atoms with Gasteiger partial charge in [-0.25, -0.2) is 13.6 Å². The summed E-state index contributed by atoms with van der Waals surface area (Å²) in [6, 6.07) is 9.22. The molecule has 2 aliphatic carbocycles. The summed E-state index contributed by atoms with van der Waals surface area (Å²) in [5.41, 5.74) is 11.8. The van der Waals surface area contributed by atoms with Gasteiger partial charge in [0.05, 0.1) is 50.5 Å². The van der Waals surface area contributed by atoms with Crippen molar-refractivity contribution in [3.05, 3.63) is 194 Å². The molecule has 2 aromatic rings. The molecule has 16 rings (SSSR count). The molecule has 800 valence electrons. The van der Waals surface area contributed by atoms with Crippen molar-refractivity contribution in [1.29, 1.82) is 0 Å². The molecule has 13 heterocycles. The molecule has 1 aromatic carbocycles. The van der Waals surface area contributed by atoms with Gasteiger partial charge in [0.15, 0.2) is 6.73 Å². The highest BCUT2D eigenvalue weighted by Crippen LogP contribution is 2.44. The number of fused-ring (bicyclic) bond motifs is 1. The number of allylic oxidation sites excluding steroid dienone is 11. The largest absolute Gasteiger partial charge is 0.501 e. The van der Waals surface area contributed by atoms with Gasteiger partial charge in [-0.3, -0.25) is 5.32 Å². The van der Waals surface area contributed by atoms with Crippen LogP contribution in [0.5, 0.6) is 0 Å². The van der Waals surface area contributed by atoms with E-state index in [1.807, 2.05) is 48.0 Å². The minimum absolute atomic E-state index is 0. The normalized spacial score (nSPS) is 21.6. The Kier molecular flexibility index (Phi) is 60.8. The Bertz CT molecular complexity index is 3870. The fourth-order valence-corrected chi connectivity index (χ4v) is 19.0. The summed E-state index contributed by atoms with van der Waals surface area (Å²) in [7, 11) is 0. The van der Waals surface area contributed by atoms with E-state index < -0.39 is 0 Å². The number of rotatable bonds is 0. The molecule has 0 saturated heterocycles. The second kappa shape index (κ2) is 62.8. The summed E-state index contributed by atoms with van der Waals surface area (Å²) >= 11 is 10.9. The molecule has 6 atom stereocenters. The van der Waals surface area contributed by atoms with Gasteiger partial charge in [-0.1, -0.05) is 378 Å². The molecular formula is C119H213N9O5S6. The molecule has 0 fully saturated rings. The average Bonchev–Trinajstić information content (AvgIpc) is 1.67. The zero-order chi connectivity index (χ0) is 104. The monoisotopic (exact) mass is 2040 g/mol. The smallest absolute Gasteiger partial charge is 0.158 e. The summed E-state index contributed by atoms with van der Waals surface area (Å²) in [6.07, 6.45) is 49.7. The van der Waals surface area contributed by atoms with Gasteiger partial charge in [0.1, 0.15) is 29.6 Å². The lowest BCUT2D eigenvalue weighted by Crippen LogP contribution is -2.38. The van der Waals surface area contributed by atoms with Gasteiger partial charge in [0.25, 0.3) is 0 Å². The fourth-order valence-electron chi connectivity index (χ4n) is 13.7. The summed E-state index contributed by atoms with van der Waals surface area (Å²) in [6.45, 7) is 106. The highest BCUT2D eigenvalue weighted by molar-refractivity contribution is 8.03. The van der Waals surface area contributed by atoms with Crippen molar-refractivity contribution in [2.45, 2.75) is 404 Å². The lowest BCUT2D eigenvalue weighted by Gasteiger charge is -2.31. The first-order chi connectivity index (χ1) is 62.8. The van der Waals surface area contributed by atoms with Gasteiger partial charge in [-0.2, -0.15) is 4.37 Å². The summed E-state index contributed by atoms with van der Waals surface area (Å²) in [4.78, 5) is 8.43. The third-order valence-electron chi connectivity index (χ3n) is 23.9. The predicted molar refractivity (Wildman–Crippen MR) is 627 cm³/mol. The van der Waals surface area contributed by atoms with E-state index >= 15 is 0 Å². The highest BCUT2D eigenvalue weighted by atomic mass is 32.2. The van der Waals surface area contributed by atoms with Crippen molar-refractivity contribution >= 4 is 70.7 Å². The van der Waals surface area contributed by atoms with Crippen LogP contribution in [0.3, 0.4) is 0 Å². The SMILES string of the molecule is C.C.CC(C)(C)C1=CCCS1.CC(C)(C)C1=CCNCC1.CC(C)(C)C1=CCNCN1.CC(C)(C)C1=COCN1.CC(C)(C)C1=COCS1.CC(C)(C)C1C=CC1.CC(C)(C)C1C=CCN1.CC(C)(C)C1C=CCO1.CC(C)(C)C1C=CO1.CC(C)(C)C1C=COCC1.CC(C)(C)C1C=CSCC1.CC(C)(C)N1CC=CS1.CC(C)(C)N1Cc2ccccc2S1.CC(C)(C)c1ncns1.CC1=CCC1. The molecule has 0 saturated carbocycles. The minimum Gasteiger partial charge on any atom is -0.501 e. The third-order valence-corrected chi connectivity index (χ3v) is 31.3. The lowest BCUT2D eigenvalue weighted by molar-refractivity contribution is 0.0470. The second-order valence-electron chi connectivity index (χ2n) is 51.7. The number of ether oxygens (including phenoxy) is 5. The van der Waals surface area contributed by atoms with Crippen LogP contribution in [0.1, 0.15) is 368 Å². The molecule has 12 aliphatic heterocycles. The first-order valence-corrected chi connectivity index (χ1v) is 56.4. The number of nitrogens with zero attached hydrogens (tertiary/aromatic N) is 4. The molecule has 0 radical (unpaired) electrons. The van der Waals surface area contributed by atoms with E-state index in [-0.39, 0.29) is 52.9 Å². The maximum absolute atomic E-state index is 5.41. The maximum Gasteiger partial charge on any atom is 0.158 e. The van der Waals surface area contributed by atoms with E-state index in [1.54, 1.807) is 58.6 Å². The molecule has 5 N–H and O–H groups in total. The van der Waals surface area contributed by atoms with Crippen LogP contribution in [0.15, 0.2) is 189 Å². The minimum atomic E-state index is 0. The number of benzene rings is 1. The number of hydrogen-bond acceptors (Lipinski definition) is 20.